The Morgan fingerprint density at radius 1 is 0.380 bits per heavy atom. The predicted octanol–water partition coefficient (Wildman–Crippen LogP) is 9.07. The van der Waals surface area contributed by atoms with Crippen molar-refractivity contribution in [2.75, 3.05) is 0 Å². The third kappa shape index (κ3) is 6.62. The van der Waals surface area contributed by atoms with E-state index in [9.17, 15) is 39.6 Å². The fourth-order valence-electron chi connectivity index (χ4n) is 5.56. The monoisotopic (exact) mass is 666 g/mol. The third-order valence-corrected chi connectivity index (χ3v) is 7.82. The molecule has 0 amide bonds. The molecule has 0 saturated heterocycles. The van der Waals surface area contributed by atoms with Gasteiger partial charge in [0.15, 0.2) is 11.5 Å². The quantitative estimate of drug-likeness (QED) is 0.105. The van der Waals surface area contributed by atoms with Crippen LogP contribution in [0, 0.1) is 0 Å². The molecule has 0 aliphatic carbocycles. The lowest BCUT2D eigenvalue weighted by Gasteiger charge is -2.20. The first-order chi connectivity index (χ1) is 24.1. The zero-order valence-electron chi connectivity index (χ0n) is 25.9. The summed E-state index contributed by atoms with van der Waals surface area (Å²) in [6.07, 6.45) is 0. The van der Waals surface area contributed by atoms with Gasteiger partial charge in [-0.1, -0.05) is 84.9 Å². The molecule has 0 bridgehead atoms. The molecular formula is C40H26O10. The Morgan fingerprint density at radius 2 is 0.740 bits per heavy atom. The lowest BCUT2D eigenvalue weighted by Crippen LogP contribution is -2.13. The molecule has 0 atom stereocenters. The summed E-state index contributed by atoms with van der Waals surface area (Å²) in [6.45, 7) is 0. The van der Waals surface area contributed by atoms with Crippen LogP contribution in [0.1, 0.15) is 41.4 Å². The first kappa shape index (κ1) is 32.7. The van der Waals surface area contributed by atoms with Gasteiger partial charge in [-0.25, -0.2) is 19.2 Å². The molecular weight excluding hydrogens is 640 g/mol. The maximum absolute atomic E-state index is 12.7. The minimum absolute atomic E-state index is 0.0637. The topological polar surface area (TPSA) is 168 Å². The Labute approximate surface area is 284 Å². The van der Waals surface area contributed by atoms with Gasteiger partial charge in [0.25, 0.3) is 0 Å². The van der Waals surface area contributed by atoms with Gasteiger partial charge in [-0.3, -0.25) is 0 Å². The number of hydrogen-bond acceptors (Lipinski definition) is 6. The summed E-state index contributed by atoms with van der Waals surface area (Å²) in [7, 11) is 0. The van der Waals surface area contributed by atoms with Gasteiger partial charge in [0.1, 0.15) is 22.6 Å². The van der Waals surface area contributed by atoms with Crippen LogP contribution in [-0.4, -0.2) is 44.3 Å². The summed E-state index contributed by atoms with van der Waals surface area (Å²) in [5.41, 5.74) is 0.377. The highest BCUT2D eigenvalue weighted by Crippen LogP contribution is 2.46. The number of carbonyl (C=O) groups is 4. The van der Waals surface area contributed by atoms with Crippen molar-refractivity contribution in [3.05, 3.63) is 156 Å². The van der Waals surface area contributed by atoms with Gasteiger partial charge >= 0.3 is 23.9 Å². The predicted molar refractivity (Wildman–Crippen MR) is 184 cm³/mol. The molecule has 0 saturated carbocycles. The van der Waals surface area contributed by atoms with Crippen LogP contribution < -0.4 is 9.47 Å². The van der Waals surface area contributed by atoms with E-state index in [0.717, 1.165) is 34.4 Å². The molecule has 0 spiro atoms. The molecule has 6 aromatic carbocycles. The number of aromatic carboxylic acids is 4. The summed E-state index contributed by atoms with van der Waals surface area (Å²) in [4.78, 5) is 50.0. The van der Waals surface area contributed by atoms with E-state index in [1.807, 2.05) is 72.8 Å². The molecule has 0 aliphatic heterocycles. The highest BCUT2D eigenvalue weighted by atomic mass is 16.5. The Kier molecular flexibility index (Phi) is 9.09. The molecule has 4 N–H and O–H groups in total. The molecule has 6 rings (SSSR count). The molecule has 0 fully saturated rings. The molecule has 10 heteroatoms. The maximum Gasteiger partial charge on any atom is 0.340 e. The van der Waals surface area contributed by atoms with E-state index in [2.05, 4.69) is 0 Å². The zero-order valence-corrected chi connectivity index (χ0v) is 25.9. The van der Waals surface area contributed by atoms with Gasteiger partial charge in [0.2, 0.25) is 0 Å². The summed E-state index contributed by atoms with van der Waals surface area (Å²) in [6, 6.07) is 36.6. The third-order valence-electron chi connectivity index (χ3n) is 7.82. The van der Waals surface area contributed by atoms with Crippen molar-refractivity contribution in [1.82, 2.24) is 0 Å². The minimum atomic E-state index is -1.63. The summed E-state index contributed by atoms with van der Waals surface area (Å²) < 4.78 is 12.4. The number of hydrogen-bond donors (Lipinski definition) is 4. The van der Waals surface area contributed by atoms with Gasteiger partial charge in [-0.15, -0.1) is 0 Å². The molecule has 0 radical (unpaired) electrons. The lowest BCUT2D eigenvalue weighted by molar-refractivity contribution is 0.0648. The van der Waals surface area contributed by atoms with Crippen LogP contribution in [-0.2, 0) is 0 Å². The molecule has 6 aromatic rings. The summed E-state index contributed by atoms with van der Waals surface area (Å²) >= 11 is 0. The van der Waals surface area contributed by atoms with Crippen LogP contribution in [0.3, 0.4) is 0 Å². The van der Waals surface area contributed by atoms with Gasteiger partial charge < -0.3 is 29.9 Å². The van der Waals surface area contributed by atoms with E-state index in [4.69, 9.17) is 9.47 Å². The van der Waals surface area contributed by atoms with Gasteiger partial charge in [0.05, 0.1) is 11.1 Å². The van der Waals surface area contributed by atoms with Crippen molar-refractivity contribution in [1.29, 1.82) is 0 Å². The number of carboxylic acids is 4. The average Bonchev–Trinajstić information content (AvgIpc) is 3.12. The minimum Gasteiger partial charge on any atom is -0.478 e. The number of rotatable bonds is 11. The van der Waals surface area contributed by atoms with Crippen molar-refractivity contribution in [2.24, 2.45) is 0 Å². The van der Waals surface area contributed by atoms with Crippen molar-refractivity contribution >= 4 is 23.9 Å². The van der Waals surface area contributed by atoms with Crippen molar-refractivity contribution in [2.45, 2.75) is 0 Å². The molecule has 0 aliphatic rings. The second-order valence-corrected chi connectivity index (χ2v) is 10.9. The molecule has 10 nitrogen and oxygen atoms in total. The van der Waals surface area contributed by atoms with E-state index in [1.54, 1.807) is 36.4 Å². The largest absolute Gasteiger partial charge is 0.478 e. The standard InChI is InChI=1S/C40H26O10/c41-37(42)31-19-17-29(35(33(31)39(45)46)49-27-15-7-13-25(21-27)23-9-3-1-4-10-23)30-18-20-32(38(43)44)34(40(47)48)36(30)50-28-16-8-14-26(22-28)24-11-5-2-6-12-24/h1-22H,(H,41,42)(H,43,44)(H,45,46)(H,47,48). The summed E-state index contributed by atoms with van der Waals surface area (Å²) in [5, 5.41) is 40.6. The zero-order chi connectivity index (χ0) is 35.4. The van der Waals surface area contributed by atoms with Gasteiger partial charge in [0, 0.05) is 11.1 Å². The van der Waals surface area contributed by atoms with E-state index in [-0.39, 0.29) is 22.6 Å². The Hall–Kier alpha value is -7.20. The first-order valence-corrected chi connectivity index (χ1v) is 15.1. The van der Waals surface area contributed by atoms with Crippen LogP contribution in [0.15, 0.2) is 133 Å². The van der Waals surface area contributed by atoms with Crippen LogP contribution in [0.25, 0.3) is 33.4 Å². The number of carboxylic acid groups (broad SMARTS) is 4. The van der Waals surface area contributed by atoms with Gasteiger partial charge in [-0.2, -0.15) is 0 Å². The SMILES string of the molecule is O=C(O)c1ccc(-c2ccc(C(=O)O)c(C(=O)O)c2Oc2cccc(-c3ccccc3)c2)c(Oc2cccc(-c3ccccc3)c2)c1C(=O)O. The number of benzene rings is 6. The number of ether oxygens (including phenoxy) is 2. The molecule has 0 heterocycles. The van der Waals surface area contributed by atoms with Crippen molar-refractivity contribution in [3.63, 3.8) is 0 Å². The van der Waals surface area contributed by atoms with Gasteiger partial charge in [-0.05, 0) is 70.8 Å². The first-order valence-electron chi connectivity index (χ1n) is 15.1. The average molecular weight is 667 g/mol. The van der Waals surface area contributed by atoms with Crippen LogP contribution in [0.2, 0.25) is 0 Å². The maximum atomic E-state index is 12.7. The Bertz CT molecular complexity index is 2120. The van der Waals surface area contributed by atoms with E-state index in [0.29, 0.717) is 0 Å². The normalized spacial score (nSPS) is 10.6. The van der Waals surface area contributed by atoms with E-state index >= 15 is 0 Å². The highest BCUT2D eigenvalue weighted by molar-refractivity contribution is 6.08. The van der Waals surface area contributed by atoms with Crippen LogP contribution in [0.5, 0.6) is 23.0 Å². The summed E-state index contributed by atoms with van der Waals surface area (Å²) in [5.74, 6) is -6.89. The lowest BCUT2D eigenvalue weighted by atomic mass is 9.93. The fraction of sp³-hybridized carbons (Fsp3) is 0. The molecule has 246 valence electrons. The van der Waals surface area contributed by atoms with Crippen LogP contribution in [0.4, 0.5) is 0 Å². The Balaban J connectivity index is 1.59. The second-order valence-electron chi connectivity index (χ2n) is 10.9. The van der Waals surface area contributed by atoms with Crippen molar-refractivity contribution in [3.8, 4) is 56.4 Å². The van der Waals surface area contributed by atoms with Crippen LogP contribution >= 0.6 is 0 Å². The molecule has 0 aromatic heterocycles. The fourth-order valence-corrected chi connectivity index (χ4v) is 5.56. The molecule has 0 unspecified atom stereocenters. The second kappa shape index (κ2) is 13.9. The highest BCUT2D eigenvalue weighted by Gasteiger charge is 2.31. The van der Waals surface area contributed by atoms with E-state index < -0.39 is 57.6 Å². The van der Waals surface area contributed by atoms with E-state index in [1.165, 1.54) is 12.1 Å². The molecule has 50 heavy (non-hydrogen) atoms. The Morgan fingerprint density at radius 3 is 1.08 bits per heavy atom. The van der Waals surface area contributed by atoms with Crippen molar-refractivity contribution < 1.29 is 49.1 Å². The smallest absolute Gasteiger partial charge is 0.340 e.